The largest absolute Gasteiger partial charge is 0.323 e. The second kappa shape index (κ2) is 5.57. The number of H-pyrrole nitrogens is 2. The zero-order valence-corrected chi connectivity index (χ0v) is 12.4. The number of urea groups is 1. The molecule has 112 valence electrons. The van der Waals surface area contributed by atoms with Gasteiger partial charge in [0.15, 0.2) is 0 Å². The molecule has 3 aromatic rings. The van der Waals surface area contributed by atoms with E-state index in [1.165, 1.54) is 0 Å². The molecule has 2 amide bonds. The Hall–Kier alpha value is -2.73. The van der Waals surface area contributed by atoms with Gasteiger partial charge in [0.2, 0.25) is 0 Å². The molecule has 0 aliphatic heterocycles. The van der Waals surface area contributed by atoms with Gasteiger partial charge >= 0.3 is 11.7 Å². The molecule has 0 bridgehead atoms. The smallest absolute Gasteiger partial charge is 0.308 e. The van der Waals surface area contributed by atoms with E-state index in [1.807, 2.05) is 19.1 Å². The summed E-state index contributed by atoms with van der Waals surface area (Å²) < 4.78 is 0. The number of carbonyl (C=O) groups is 1. The molecule has 0 saturated heterocycles. The molecule has 0 aliphatic carbocycles. The van der Waals surface area contributed by atoms with E-state index >= 15 is 0 Å². The average Bonchev–Trinajstić information content (AvgIpc) is 2.82. The highest BCUT2D eigenvalue weighted by molar-refractivity contribution is 6.34. The molecule has 0 radical (unpaired) electrons. The summed E-state index contributed by atoms with van der Waals surface area (Å²) in [5.41, 5.74) is 3.01. The Labute approximate surface area is 130 Å². The van der Waals surface area contributed by atoms with Crippen LogP contribution in [0.1, 0.15) is 5.56 Å². The summed E-state index contributed by atoms with van der Waals surface area (Å²) >= 11 is 6.07. The number of hydrogen-bond acceptors (Lipinski definition) is 2. The third-order valence-electron chi connectivity index (χ3n) is 3.23. The van der Waals surface area contributed by atoms with Crippen molar-refractivity contribution in [3.8, 4) is 0 Å². The topological polar surface area (TPSA) is 89.8 Å². The highest BCUT2D eigenvalue weighted by Crippen LogP contribution is 2.25. The van der Waals surface area contributed by atoms with Crippen molar-refractivity contribution in [1.82, 2.24) is 9.97 Å². The van der Waals surface area contributed by atoms with Gasteiger partial charge in [-0.2, -0.15) is 0 Å². The molecule has 0 aliphatic rings. The van der Waals surface area contributed by atoms with Gasteiger partial charge < -0.3 is 20.6 Å². The van der Waals surface area contributed by atoms with E-state index in [0.717, 1.165) is 5.56 Å². The SMILES string of the molecule is Cc1cccc(Cl)c1NC(=O)Nc1ccc2[nH]c(=O)[nH]c2c1. The van der Waals surface area contributed by atoms with Gasteiger partial charge in [-0.1, -0.05) is 23.7 Å². The second-order valence-electron chi connectivity index (χ2n) is 4.85. The van der Waals surface area contributed by atoms with E-state index in [4.69, 9.17) is 11.6 Å². The number of amides is 2. The highest BCUT2D eigenvalue weighted by Gasteiger charge is 2.09. The molecule has 0 saturated carbocycles. The van der Waals surface area contributed by atoms with Crippen LogP contribution in [0.2, 0.25) is 5.02 Å². The number of fused-ring (bicyclic) bond motifs is 1. The van der Waals surface area contributed by atoms with Crippen LogP contribution in [0.3, 0.4) is 0 Å². The first-order valence-electron chi connectivity index (χ1n) is 6.58. The van der Waals surface area contributed by atoms with Gasteiger partial charge in [-0.3, -0.25) is 0 Å². The first-order chi connectivity index (χ1) is 10.5. The molecule has 0 atom stereocenters. The van der Waals surface area contributed by atoms with Crippen LogP contribution in [0.5, 0.6) is 0 Å². The van der Waals surface area contributed by atoms with Crippen LogP contribution in [0, 0.1) is 6.92 Å². The molecule has 3 rings (SSSR count). The van der Waals surface area contributed by atoms with E-state index in [2.05, 4.69) is 20.6 Å². The summed E-state index contributed by atoms with van der Waals surface area (Å²) in [4.78, 5) is 28.6. The molecular formula is C15H13ClN4O2. The van der Waals surface area contributed by atoms with Crippen LogP contribution in [-0.2, 0) is 0 Å². The van der Waals surface area contributed by atoms with Crippen molar-refractivity contribution < 1.29 is 4.79 Å². The molecule has 0 fully saturated rings. The van der Waals surface area contributed by atoms with Crippen molar-refractivity contribution in [1.29, 1.82) is 0 Å². The number of imidazole rings is 1. The summed E-state index contributed by atoms with van der Waals surface area (Å²) in [5.74, 6) is 0. The number of aryl methyl sites for hydroxylation is 1. The van der Waals surface area contributed by atoms with E-state index < -0.39 is 6.03 Å². The van der Waals surface area contributed by atoms with E-state index in [9.17, 15) is 9.59 Å². The Kier molecular flexibility index (Phi) is 3.60. The summed E-state index contributed by atoms with van der Waals surface area (Å²) in [5, 5.41) is 5.89. The molecule has 2 aromatic carbocycles. The highest BCUT2D eigenvalue weighted by atomic mass is 35.5. The lowest BCUT2D eigenvalue weighted by molar-refractivity contribution is 0.262. The Morgan fingerprint density at radius 1 is 1.09 bits per heavy atom. The third kappa shape index (κ3) is 2.82. The number of para-hydroxylation sites is 1. The van der Waals surface area contributed by atoms with Crippen LogP contribution in [0.15, 0.2) is 41.2 Å². The van der Waals surface area contributed by atoms with Crippen molar-refractivity contribution in [2.24, 2.45) is 0 Å². The van der Waals surface area contributed by atoms with Crippen molar-refractivity contribution in [3.05, 3.63) is 57.5 Å². The number of aromatic amines is 2. The molecule has 4 N–H and O–H groups in total. The van der Waals surface area contributed by atoms with Gasteiger partial charge in [-0.25, -0.2) is 9.59 Å². The van der Waals surface area contributed by atoms with Crippen LogP contribution in [-0.4, -0.2) is 16.0 Å². The number of hydrogen-bond donors (Lipinski definition) is 4. The predicted octanol–water partition coefficient (Wildman–Crippen LogP) is 3.46. The second-order valence-corrected chi connectivity index (χ2v) is 5.26. The molecule has 22 heavy (non-hydrogen) atoms. The summed E-state index contributed by atoms with van der Waals surface area (Å²) in [7, 11) is 0. The Balaban J connectivity index is 1.79. The zero-order chi connectivity index (χ0) is 15.7. The summed E-state index contributed by atoms with van der Waals surface area (Å²) in [6, 6.07) is 10.1. The Bertz CT molecular complexity index is 893. The van der Waals surface area contributed by atoms with Crippen LogP contribution in [0.4, 0.5) is 16.2 Å². The fourth-order valence-electron chi connectivity index (χ4n) is 2.18. The number of benzene rings is 2. The van der Waals surface area contributed by atoms with Crippen LogP contribution in [0.25, 0.3) is 11.0 Å². The van der Waals surface area contributed by atoms with Crippen LogP contribution < -0.4 is 16.3 Å². The maximum atomic E-state index is 12.1. The van der Waals surface area contributed by atoms with E-state index in [1.54, 1.807) is 24.3 Å². The lowest BCUT2D eigenvalue weighted by Gasteiger charge is -2.11. The number of anilines is 2. The number of halogens is 1. The van der Waals surface area contributed by atoms with Gasteiger partial charge in [-0.15, -0.1) is 0 Å². The van der Waals surface area contributed by atoms with Crippen molar-refractivity contribution in [3.63, 3.8) is 0 Å². The van der Waals surface area contributed by atoms with Gasteiger partial charge in [0.1, 0.15) is 0 Å². The minimum Gasteiger partial charge on any atom is -0.308 e. The number of nitrogens with one attached hydrogen (secondary N) is 4. The maximum Gasteiger partial charge on any atom is 0.323 e. The third-order valence-corrected chi connectivity index (χ3v) is 3.55. The molecule has 1 heterocycles. The molecular weight excluding hydrogens is 304 g/mol. The van der Waals surface area contributed by atoms with Crippen molar-refractivity contribution >= 4 is 40.0 Å². The number of carbonyl (C=O) groups excluding carboxylic acids is 1. The van der Waals surface area contributed by atoms with E-state index in [0.29, 0.717) is 27.4 Å². The fraction of sp³-hybridized carbons (Fsp3) is 0.0667. The van der Waals surface area contributed by atoms with Gasteiger partial charge in [0.25, 0.3) is 0 Å². The number of aromatic nitrogens is 2. The first kappa shape index (κ1) is 14.2. The Morgan fingerprint density at radius 3 is 2.64 bits per heavy atom. The minimum absolute atomic E-state index is 0.289. The molecule has 0 unspecified atom stereocenters. The monoisotopic (exact) mass is 316 g/mol. The minimum atomic E-state index is -0.409. The van der Waals surface area contributed by atoms with Crippen LogP contribution >= 0.6 is 11.6 Å². The quantitative estimate of drug-likeness (QED) is 0.583. The number of rotatable bonds is 2. The summed E-state index contributed by atoms with van der Waals surface area (Å²) in [6.45, 7) is 1.86. The summed E-state index contributed by atoms with van der Waals surface area (Å²) in [6.07, 6.45) is 0. The lowest BCUT2D eigenvalue weighted by Crippen LogP contribution is -2.20. The average molecular weight is 317 g/mol. The molecule has 7 heteroatoms. The maximum absolute atomic E-state index is 12.1. The standard InChI is InChI=1S/C15H13ClN4O2/c1-8-3-2-4-10(16)13(8)20-14(21)17-9-5-6-11-12(7-9)19-15(22)18-11/h2-7H,1H3,(H2,17,20,21)(H2,18,19,22). The van der Waals surface area contributed by atoms with Gasteiger partial charge in [0.05, 0.1) is 21.7 Å². The Morgan fingerprint density at radius 2 is 1.86 bits per heavy atom. The first-order valence-corrected chi connectivity index (χ1v) is 6.96. The zero-order valence-electron chi connectivity index (χ0n) is 11.7. The van der Waals surface area contributed by atoms with Crippen molar-refractivity contribution in [2.45, 2.75) is 6.92 Å². The molecule has 0 spiro atoms. The fourth-order valence-corrected chi connectivity index (χ4v) is 2.45. The normalized spacial score (nSPS) is 10.6. The lowest BCUT2D eigenvalue weighted by atomic mass is 10.2. The van der Waals surface area contributed by atoms with Gasteiger partial charge in [-0.05, 0) is 36.8 Å². The molecule has 1 aromatic heterocycles. The van der Waals surface area contributed by atoms with E-state index in [-0.39, 0.29) is 5.69 Å². The predicted molar refractivity (Wildman–Crippen MR) is 87.7 cm³/mol. The van der Waals surface area contributed by atoms with Crippen molar-refractivity contribution in [2.75, 3.05) is 10.6 Å². The molecule has 6 nitrogen and oxygen atoms in total. The van der Waals surface area contributed by atoms with Gasteiger partial charge in [0, 0.05) is 5.69 Å².